The van der Waals surface area contributed by atoms with E-state index in [1.165, 1.54) is 10.7 Å². The number of aryl methyl sites for hydroxylation is 1. The molecular weight excluding hydrogens is 530 g/mol. The third kappa shape index (κ3) is 4.20. The second kappa shape index (κ2) is 9.27. The van der Waals surface area contributed by atoms with Crippen LogP contribution >= 0.6 is 11.3 Å². The smallest absolute Gasteiger partial charge is 0.312 e. The zero-order chi connectivity index (χ0) is 27.4. The van der Waals surface area contributed by atoms with Gasteiger partial charge in [-0.2, -0.15) is 5.10 Å². The highest BCUT2D eigenvalue weighted by atomic mass is 32.1. The second-order valence-electron chi connectivity index (χ2n) is 9.04. The number of thiophene rings is 1. The largest absolute Gasteiger partial charge is 0.460 e. The Labute approximate surface area is 223 Å². The van der Waals surface area contributed by atoms with Gasteiger partial charge in [-0.05, 0) is 43.2 Å². The van der Waals surface area contributed by atoms with E-state index in [1.807, 2.05) is 30.3 Å². The summed E-state index contributed by atoms with van der Waals surface area (Å²) < 4.78 is 34.8. The fraction of sp³-hybridized carbons (Fsp3) is 0.192. The van der Waals surface area contributed by atoms with Gasteiger partial charge in [-0.1, -0.05) is 30.3 Å². The minimum atomic E-state index is -2.77. The van der Waals surface area contributed by atoms with E-state index < -0.39 is 17.5 Å². The molecule has 0 aliphatic carbocycles. The lowest BCUT2D eigenvalue weighted by Crippen LogP contribution is -2.37. The molecular formula is C26H20F2N6O4S. The summed E-state index contributed by atoms with van der Waals surface area (Å²) in [6, 6.07) is 13.8. The van der Waals surface area contributed by atoms with Gasteiger partial charge in [-0.25, -0.2) is 13.8 Å². The zero-order valence-electron chi connectivity index (χ0n) is 20.6. The zero-order valence-corrected chi connectivity index (χ0v) is 21.4. The number of alkyl halides is 2. The third-order valence-electron chi connectivity index (χ3n) is 6.56. The van der Waals surface area contributed by atoms with Crippen LogP contribution in [0.1, 0.15) is 50.9 Å². The number of nitrogens with zero attached hydrogens (tertiary/aromatic N) is 4. The summed E-state index contributed by atoms with van der Waals surface area (Å²) in [6.45, 7) is 3.35. The van der Waals surface area contributed by atoms with Gasteiger partial charge in [0.05, 0.1) is 17.2 Å². The van der Waals surface area contributed by atoms with Gasteiger partial charge < -0.3 is 15.1 Å². The Hall–Kier alpha value is -4.65. The molecule has 6 rings (SSSR count). The highest BCUT2D eigenvalue weighted by molar-refractivity contribution is 7.21. The van der Waals surface area contributed by atoms with Gasteiger partial charge in [0.25, 0.3) is 12.3 Å². The summed E-state index contributed by atoms with van der Waals surface area (Å²) in [7, 11) is 0. The van der Waals surface area contributed by atoms with Crippen LogP contribution in [0.3, 0.4) is 0 Å². The number of fused-ring (bicyclic) bond motifs is 3. The quantitative estimate of drug-likeness (QED) is 0.193. The van der Waals surface area contributed by atoms with Crippen molar-refractivity contribution in [3.05, 3.63) is 92.1 Å². The number of halogens is 2. The lowest BCUT2D eigenvalue weighted by molar-refractivity contribution is -0.386. The molecule has 1 aliphatic rings. The van der Waals surface area contributed by atoms with E-state index in [0.29, 0.717) is 49.3 Å². The van der Waals surface area contributed by atoms with Crippen LogP contribution in [0.15, 0.2) is 52.9 Å². The van der Waals surface area contributed by atoms with Crippen LogP contribution in [0, 0.1) is 24.0 Å². The van der Waals surface area contributed by atoms with E-state index in [-0.39, 0.29) is 23.8 Å². The van der Waals surface area contributed by atoms with Gasteiger partial charge in [0.2, 0.25) is 0 Å². The van der Waals surface area contributed by atoms with Crippen LogP contribution in [0.4, 0.5) is 20.2 Å². The Kier molecular flexibility index (Phi) is 5.87. The van der Waals surface area contributed by atoms with Gasteiger partial charge in [-0.15, -0.1) is 11.3 Å². The lowest BCUT2D eigenvalue weighted by Gasteiger charge is -2.25. The van der Waals surface area contributed by atoms with Gasteiger partial charge >= 0.3 is 5.69 Å². The average molecular weight is 551 g/mol. The van der Waals surface area contributed by atoms with Crippen LogP contribution in [0.25, 0.3) is 21.3 Å². The summed E-state index contributed by atoms with van der Waals surface area (Å²) in [6.07, 6.45) is -3.51. The molecule has 0 spiro atoms. The number of benzene rings is 1. The first-order valence-electron chi connectivity index (χ1n) is 11.9. The first kappa shape index (κ1) is 24.7. The van der Waals surface area contributed by atoms with E-state index >= 15 is 0 Å². The van der Waals surface area contributed by atoms with Crippen molar-refractivity contribution >= 4 is 38.8 Å². The monoisotopic (exact) mass is 550 g/mol. The Bertz CT molecular complexity index is 1760. The van der Waals surface area contributed by atoms with Crippen molar-refractivity contribution in [3.63, 3.8) is 0 Å². The van der Waals surface area contributed by atoms with Crippen molar-refractivity contribution in [1.82, 2.24) is 20.1 Å². The molecule has 0 saturated heterocycles. The molecule has 1 atom stereocenters. The van der Waals surface area contributed by atoms with E-state index in [2.05, 4.69) is 20.7 Å². The van der Waals surface area contributed by atoms with Crippen LogP contribution in [-0.4, -0.2) is 25.6 Å². The van der Waals surface area contributed by atoms with Gasteiger partial charge in [0.1, 0.15) is 38.3 Å². The number of hydrogen-bond acceptors (Lipinski definition) is 8. The highest BCUT2D eigenvalue weighted by Crippen LogP contribution is 2.45. The summed E-state index contributed by atoms with van der Waals surface area (Å²) in [5.41, 5.74) is 2.05. The molecule has 1 aromatic carbocycles. The molecule has 5 heterocycles. The Morgan fingerprint density at radius 1 is 1.18 bits per heavy atom. The molecule has 10 nitrogen and oxygen atoms in total. The topological polar surface area (TPSA) is 128 Å². The number of pyridine rings is 1. The fourth-order valence-corrected chi connectivity index (χ4v) is 5.85. The van der Waals surface area contributed by atoms with Gasteiger partial charge in [0, 0.05) is 5.39 Å². The first-order chi connectivity index (χ1) is 18.7. The molecule has 0 radical (unpaired) electrons. The SMILES string of the molecule is Cc1nn(Cc2ccc([C@H]3NC(=O)c4sc5nc(C(F)F)cc(-c6ccccc6)c5c4N3)o2)c(C)c1[N+](=O)[O-]. The number of nitro groups is 1. The number of amides is 1. The number of rotatable bonds is 6. The Balaban J connectivity index is 1.37. The molecule has 4 aromatic heterocycles. The fourth-order valence-electron chi connectivity index (χ4n) is 4.78. The number of anilines is 1. The van der Waals surface area contributed by atoms with Crippen molar-refractivity contribution in [2.75, 3.05) is 5.32 Å². The number of furan rings is 1. The van der Waals surface area contributed by atoms with Crippen molar-refractivity contribution < 1.29 is 22.9 Å². The van der Waals surface area contributed by atoms with Crippen molar-refractivity contribution in [2.24, 2.45) is 0 Å². The van der Waals surface area contributed by atoms with Crippen molar-refractivity contribution in [2.45, 2.75) is 33.0 Å². The molecule has 1 aliphatic heterocycles. The first-order valence-corrected chi connectivity index (χ1v) is 12.7. The van der Waals surface area contributed by atoms with Crippen LogP contribution < -0.4 is 10.6 Å². The molecule has 13 heteroatoms. The predicted molar refractivity (Wildman–Crippen MR) is 140 cm³/mol. The Morgan fingerprint density at radius 3 is 2.64 bits per heavy atom. The Morgan fingerprint density at radius 2 is 1.95 bits per heavy atom. The van der Waals surface area contributed by atoms with Crippen LogP contribution in [-0.2, 0) is 6.54 Å². The number of aromatic nitrogens is 3. The highest BCUT2D eigenvalue weighted by Gasteiger charge is 2.33. The van der Waals surface area contributed by atoms with Gasteiger partial charge in [0.15, 0.2) is 6.17 Å². The average Bonchev–Trinajstić information content (AvgIpc) is 3.60. The minimum absolute atomic E-state index is 0.0438. The number of carbonyl (C=O) groups excluding carboxylic acids is 1. The molecule has 0 unspecified atom stereocenters. The summed E-state index contributed by atoms with van der Waals surface area (Å²) in [4.78, 5) is 28.8. The lowest BCUT2D eigenvalue weighted by atomic mass is 10.0. The third-order valence-corrected chi connectivity index (χ3v) is 7.64. The number of hydrogen-bond donors (Lipinski definition) is 2. The summed E-state index contributed by atoms with van der Waals surface area (Å²) >= 11 is 1.04. The van der Waals surface area contributed by atoms with Crippen LogP contribution in [0.5, 0.6) is 0 Å². The summed E-state index contributed by atoms with van der Waals surface area (Å²) in [5, 5.41) is 22.3. The van der Waals surface area contributed by atoms with Crippen LogP contribution in [0.2, 0.25) is 0 Å². The van der Waals surface area contributed by atoms with Crippen molar-refractivity contribution in [1.29, 1.82) is 0 Å². The molecule has 2 N–H and O–H groups in total. The maximum atomic E-state index is 13.7. The molecule has 198 valence electrons. The molecule has 0 saturated carbocycles. The molecule has 0 fully saturated rings. The predicted octanol–water partition coefficient (Wildman–Crippen LogP) is 6.12. The maximum absolute atomic E-state index is 13.7. The van der Waals surface area contributed by atoms with E-state index in [9.17, 15) is 23.7 Å². The standard InChI is InChI=1S/C26H20F2N6O4S/c1-12-21(34(36)37)13(2)33(32-12)11-15-8-9-18(38-15)24-30-20-19-16(14-6-4-3-5-7-14)10-17(23(27)28)29-26(19)39-22(20)25(35)31-24/h3-10,23-24,30H,11H2,1-2H3,(H,31,35)/t24-/m1/s1. The molecule has 39 heavy (non-hydrogen) atoms. The second-order valence-corrected chi connectivity index (χ2v) is 10.0. The molecule has 1 amide bonds. The van der Waals surface area contributed by atoms with Gasteiger partial charge in [-0.3, -0.25) is 19.6 Å². The van der Waals surface area contributed by atoms with E-state index in [0.717, 1.165) is 16.9 Å². The maximum Gasteiger partial charge on any atom is 0.312 e. The van der Waals surface area contributed by atoms with E-state index in [1.54, 1.807) is 26.0 Å². The number of carbonyl (C=O) groups is 1. The molecule has 0 bridgehead atoms. The van der Waals surface area contributed by atoms with E-state index in [4.69, 9.17) is 4.42 Å². The normalized spacial score (nSPS) is 14.9. The van der Waals surface area contributed by atoms with Crippen molar-refractivity contribution in [3.8, 4) is 11.1 Å². The summed E-state index contributed by atoms with van der Waals surface area (Å²) in [5.74, 6) is 0.495. The number of nitrogens with one attached hydrogen (secondary N) is 2. The molecule has 5 aromatic rings. The minimum Gasteiger partial charge on any atom is -0.460 e.